The standard InChI is InChI=1S/C17H11BrN2O3/c18-13-4-2-1-3-12(13)17-20-19-16(23-17)8-6-11-5-7-14-15(9-11)22-10-21-14/h1-9H,10H2/b8-6+. The van der Waals surface area contributed by atoms with Crippen LogP contribution in [-0.4, -0.2) is 17.0 Å². The van der Waals surface area contributed by atoms with Crippen LogP contribution in [0, 0.1) is 0 Å². The first kappa shape index (κ1) is 14.0. The van der Waals surface area contributed by atoms with Crippen LogP contribution < -0.4 is 9.47 Å². The summed E-state index contributed by atoms with van der Waals surface area (Å²) in [6.07, 6.45) is 3.66. The predicted molar refractivity (Wildman–Crippen MR) is 88.9 cm³/mol. The molecule has 23 heavy (non-hydrogen) atoms. The Bertz CT molecular complexity index is 889. The molecule has 2 heterocycles. The Morgan fingerprint density at radius 3 is 2.74 bits per heavy atom. The normalized spacial score (nSPS) is 12.9. The number of benzene rings is 2. The molecule has 0 radical (unpaired) electrons. The van der Waals surface area contributed by atoms with Gasteiger partial charge in [-0.05, 0) is 51.8 Å². The maximum absolute atomic E-state index is 5.67. The Morgan fingerprint density at radius 1 is 0.957 bits per heavy atom. The van der Waals surface area contributed by atoms with Crippen LogP contribution in [0.2, 0.25) is 0 Å². The first-order valence-electron chi connectivity index (χ1n) is 6.96. The van der Waals surface area contributed by atoms with Gasteiger partial charge in [0.05, 0.1) is 5.56 Å². The van der Waals surface area contributed by atoms with Crippen LogP contribution in [0.25, 0.3) is 23.6 Å². The number of hydrogen-bond donors (Lipinski definition) is 0. The molecule has 0 amide bonds. The van der Waals surface area contributed by atoms with E-state index in [1.807, 2.05) is 48.5 Å². The van der Waals surface area contributed by atoms with Crippen molar-refractivity contribution in [2.24, 2.45) is 0 Å². The van der Waals surface area contributed by atoms with Crippen molar-refractivity contribution < 1.29 is 13.9 Å². The number of fused-ring (bicyclic) bond motifs is 1. The van der Waals surface area contributed by atoms with Crippen LogP contribution in [0.1, 0.15) is 11.5 Å². The fourth-order valence-corrected chi connectivity index (χ4v) is 2.68. The highest BCUT2D eigenvalue weighted by Crippen LogP contribution is 2.33. The molecular weight excluding hydrogens is 360 g/mol. The van der Waals surface area contributed by atoms with Gasteiger partial charge in [-0.25, -0.2) is 0 Å². The molecule has 0 atom stereocenters. The highest BCUT2D eigenvalue weighted by atomic mass is 79.9. The molecule has 6 heteroatoms. The van der Waals surface area contributed by atoms with E-state index in [9.17, 15) is 0 Å². The van der Waals surface area contributed by atoms with Crippen LogP contribution >= 0.6 is 15.9 Å². The lowest BCUT2D eigenvalue weighted by molar-refractivity contribution is 0.174. The summed E-state index contributed by atoms with van der Waals surface area (Å²) in [6.45, 7) is 0.265. The molecule has 0 aliphatic carbocycles. The van der Waals surface area contributed by atoms with E-state index in [-0.39, 0.29) is 6.79 Å². The summed E-state index contributed by atoms with van der Waals surface area (Å²) in [7, 11) is 0. The molecule has 0 N–H and O–H groups in total. The quantitative estimate of drug-likeness (QED) is 0.683. The number of halogens is 1. The maximum atomic E-state index is 5.67. The second kappa shape index (κ2) is 5.89. The molecular formula is C17H11BrN2O3. The largest absolute Gasteiger partial charge is 0.454 e. The zero-order chi connectivity index (χ0) is 15.6. The molecule has 0 saturated heterocycles. The summed E-state index contributed by atoms with van der Waals surface area (Å²) in [5.41, 5.74) is 1.83. The predicted octanol–water partition coefficient (Wildman–Crippen LogP) is 4.40. The molecule has 114 valence electrons. The van der Waals surface area contributed by atoms with Gasteiger partial charge in [-0.1, -0.05) is 18.2 Å². The van der Waals surface area contributed by atoms with Gasteiger partial charge in [-0.15, -0.1) is 10.2 Å². The molecule has 1 aliphatic heterocycles. The summed E-state index contributed by atoms with van der Waals surface area (Å²) in [4.78, 5) is 0. The van der Waals surface area contributed by atoms with Gasteiger partial charge < -0.3 is 13.9 Å². The molecule has 3 aromatic rings. The van der Waals surface area contributed by atoms with Crippen molar-refractivity contribution in [1.82, 2.24) is 10.2 Å². The minimum Gasteiger partial charge on any atom is -0.454 e. The molecule has 0 fully saturated rings. The third-order valence-electron chi connectivity index (χ3n) is 3.36. The number of nitrogens with zero attached hydrogens (tertiary/aromatic N) is 2. The minimum absolute atomic E-state index is 0.265. The van der Waals surface area contributed by atoms with E-state index in [1.54, 1.807) is 6.08 Å². The van der Waals surface area contributed by atoms with Crippen molar-refractivity contribution in [3.05, 3.63) is 58.4 Å². The summed E-state index contributed by atoms with van der Waals surface area (Å²) in [5.74, 6) is 2.42. The Hall–Kier alpha value is -2.60. The fourth-order valence-electron chi connectivity index (χ4n) is 2.23. The van der Waals surface area contributed by atoms with E-state index >= 15 is 0 Å². The van der Waals surface area contributed by atoms with E-state index in [0.717, 1.165) is 27.1 Å². The zero-order valence-corrected chi connectivity index (χ0v) is 13.5. The average molecular weight is 371 g/mol. The van der Waals surface area contributed by atoms with Gasteiger partial charge in [0.15, 0.2) is 11.5 Å². The third kappa shape index (κ3) is 2.85. The maximum Gasteiger partial charge on any atom is 0.249 e. The smallest absolute Gasteiger partial charge is 0.249 e. The topological polar surface area (TPSA) is 57.4 Å². The van der Waals surface area contributed by atoms with Crippen LogP contribution in [0.3, 0.4) is 0 Å². The van der Waals surface area contributed by atoms with Crippen molar-refractivity contribution in [3.8, 4) is 23.0 Å². The van der Waals surface area contributed by atoms with E-state index < -0.39 is 0 Å². The van der Waals surface area contributed by atoms with Crippen molar-refractivity contribution in [2.75, 3.05) is 6.79 Å². The number of hydrogen-bond acceptors (Lipinski definition) is 5. The Morgan fingerprint density at radius 2 is 1.83 bits per heavy atom. The third-order valence-corrected chi connectivity index (χ3v) is 4.05. The summed E-state index contributed by atoms with van der Waals surface area (Å²) >= 11 is 3.47. The van der Waals surface area contributed by atoms with Crippen LogP contribution in [0.15, 0.2) is 51.4 Å². The lowest BCUT2D eigenvalue weighted by Crippen LogP contribution is -1.92. The van der Waals surface area contributed by atoms with Crippen molar-refractivity contribution in [1.29, 1.82) is 0 Å². The van der Waals surface area contributed by atoms with Crippen molar-refractivity contribution in [2.45, 2.75) is 0 Å². The zero-order valence-electron chi connectivity index (χ0n) is 11.9. The fraction of sp³-hybridized carbons (Fsp3) is 0.0588. The van der Waals surface area contributed by atoms with Gasteiger partial charge in [0.25, 0.3) is 0 Å². The molecule has 1 aliphatic rings. The van der Waals surface area contributed by atoms with Crippen LogP contribution in [0.4, 0.5) is 0 Å². The second-order valence-electron chi connectivity index (χ2n) is 4.87. The SMILES string of the molecule is Brc1ccccc1-c1nnc(/C=C/c2ccc3c(c2)OCO3)o1. The lowest BCUT2D eigenvalue weighted by Gasteiger charge is -1.97. The molecule has 2 aromatic carbocycles. The van der Waals surface area contributed by atoms with Gasteiger partial charge in [0.2, 0.25) is 18.6 Å². The first-order chi connectivity index (χ1) is 11.3. The van der Waals surface area contributed by atoms with Crippen molar-refractivity contribution >= 4 is 28.1 Å². The monoisotopic (exact) mass is 370 g/mol. The molecule has 1 aromatic heterocycles. The summed E-state index contributed by atoms with van der Waals surface area (Å²) in [6, 6.07) is 13.4. The average Bonchev–Trinajstić information content (AvgIpc) is 3.22. The first-order valence-corrected chi connectivity index (χ1v) is 7.75. The molecule has 4 rings (SSSR count). The Labute approximate surface area is 140 Å². The van der Waals surface area contributed by atoms with E-state index in [4.69, 9.17) is 13.9 Å². The summed E-state index contributed by atoms with van der Waals surface area (Å²) < 4.78 is 17.2. The molecule has 0 saturated carbocycles. The molecule has 0 bridgehead atoms. The van der Waals surface area contributed by atoms with Crippen LogP contribution in [0.5, 0.6) is 11.5 Å². The molecule has 5 nitrogen and oxygen atoms in total. The lowest BCUT2D eigenvalue weighted by atomic mass is 10.2. The highest BCUT2D eigenvalue weighted by molar-refractivity contribution is 9.10. The number of aromatic nitrogens is 2. The van der Waals surface area contributed by atoms with Gasteiger partial charge in [0, 0.05) is 10.5 Å². The van der Waals surface area contributed by atoms with Gasteiger partial charge in [-0.3, -0.25) is 0 Å². The van der Waals surface area contributed by atoms with E-state index in [1.165, 1.54) is 0 Å². The minimum atomic E-state index is 0.265. The molecule has 0 spiro atoms. The number of ether oxygens (including phenoxy) is 2. The van der Waals surface area contributed by atoms with E-state index in [2.05, 4.69) is 26.1 Å². The Kier molecular flexibility index (Phi) is 3.59. The molecule has 0 unspecified atom stereocenters. The van der Waals surface area contributed by atoms with Crippen LogP contribution in [-0.2, 0) is 0 Å². The van der Waals surface area contributed by atoms with Crippen molar-refractivity contribution in [3.63, 3.8) is 0 Å². The second-order valence-corrected chi connectivity index (χ2v) is 5.73. The number of rotatable bonds is 3. The Balaban J connectivity index is 1.57. The van der Waals surface area contributed by atoms with Gasteiger partial charge in [0.1, 0.15) is 0 Å². The summed E-state index contributed by atoms with van der Waals surface area (Å²) in [5, 5.41) is 8.12. The van der Waals surface area contributed by atoms with Gasteiger partial charge in [-0.2, -0.15) is 0 Å². The van der Waals surface area contributed by atoms with Gasteiger partial charge >= 0.3 is 0 Å². The highest BCUT2D eigenvalue weighted by Gasteiger charge is 2.13. The van der Waals surface area contributed by atoms with E-state index in [0.29, 0.717) is 11.8 Å².